The minimum absolute atomic E-state index is 0. The van der Waals surface area contributed by atoms with Gasteiger partial charge in [0.05, 0.1) is 26.1 Å². The monoisotopic (exact) mass is 611 g/mol. The van der Waals surface area contributed by atoms with Crippen LogP contribution in [0.3, 0.4) is 0 Å². The topological polar surface area (TPSA) is 281 Å². The van der Waals surface area contributed by atoms with Gasteiger partial charge in [0.15, 0.2) is 0 Å². The average molecular weight is 611 g/mol. The van der Waals surface area contributed by atoms with E-state index >= 15 is 0 Å². The van der Waals surface area contributed by atoms with Gasteiger partial charge in [-0.15, -0.1) is 0 Å². The average Bonchev–Trinajstić information content (AvgIpc) is 2.97. The largest absolute Gasteiger partial charge is 1.00 e. The van der Waals surface area contributed by atoms with Crippen LogP contribution in [-0.4, -0.2) is 40.0 Å². The van der Waals surface area contributed by atoms with E-state index < -0.39 is 59.8 Å². The van der Waals surface area contributed by atoms with Crippen molar-refractivity contribution < 1.29 is 174 Å². The maximum absolute atomic E-state index is 12.1. The molecule has 0 bridgehead atoms. The SMILES string of the molecule is NC/C=C/c1cn([C@H]2C[C@H](O)[C@@H](COP(=O)([O-])OP(=O)([O-])OP(=O)([O-])[O-])O2)c(=O)[nH]c1=O.[Na+].[Na+].[Na+].[Na+]. The Hall–Kier alpha value is 2.71. The van der Waals surface area contributed by atoms with Crippen LogP contribution in [0.2, 0.25) is 0 Å². The summed E-state index contributed by atoms with van der Waals surface area (Å²) in [7, 11) is -18.1. The number of aliphatic hydroxyl groups excluding tert-OH is 1. The maximum atomic E-state index is 12.1. The molecule has 1 aliphatic heterocycles. The van der Waals surface area contributed by atoms with Crippen LogP contribution in [-0.2, 0) is 31.6 Å². The summed E-state index contributed by atoms with van der Waals surface area (Å²) in [5, 5.41) is 10.0. The van der Waals surface area contributed by atoms with Gasteiger partial charge in [0.25, 0.3) is 21.2 Å². The first-order valence-electron chi connectivity index (χ1n) is 8.39. The van der Waals surface area contributed by atoms with Gasteiger partial charge in [0.1, 0.15) is 12.3 Å². The standard InChI is InChI=1S/C12H20N3O14P3.4Na/c13-3-1-2-7-5-15(12(18)14-11(7)17)10-4-8(16)9(27-10)6-26-31(22,23)29-32(24,25)28-30(19,20)21;;;;/h1-2,5,8-10,16H,3-4,6,13H2,(H,22,23)(H,24,25)(H,14,17,18)(H2,19,20,21);;;;/q;4*+1/p-4/b2-1+;;;;/t8-,9+,10+;;;;/m0..../s1. The summed E-state index contributed by atoms with van der Waals surface area (Å²) < 4.78 is 49.9. The van der Waals surface area contributed by atoms with Crippen molar-refractivity contribution in [1.29, 1.82) is 0 Å². The fourth-order valence-electron chi connectivity index (χ4n) is 2.51. The predicted octanol–water partition coefficient (Wildman–Crippen LogP) is -16.0. The van der Waals surface area contributed by atoms with Gasteiger partial charge in [-0.3, -0.25) is 27.8 Å². The molecule has 0 saturated carbocycles. The third-order valence-corrected chi connectivity index (χ3v) is 7.41. The van der Waals surface area contributed by atoms with Crippen molar-refractivity contribution >= 4 is 29.5 Å². The molecule has 2 unspecified atom stereocenters. The van der Waals surface area contributed by atoms with Crippen LogP contribution in [0, 0.1) is 0 Å². The Balaban J connectivity index is -0.00000272. The minimum Gasteiger partial charge on any atom is -0.790 e. The number of aromatic amines is 1. The number of phosphoric ester groups is 1. The van der Waals surface area contributed by atoms with Gasteiger partial charge in [-0.2, -0.15) is 0 Å². The molecule has 1 aliphatic rings. The summed E-state index contributed by atoms with van der Waals surface area (Å²) in [5.74, 6) is 0. The van der Waals surface area contributed by atoms with Gasteiger partial charge in [0.2, 0.25) is 0 Å². The van der Waals surface area contributed by atoms with Crippen molar-refractivity contribution in [1.82, 2.24) is 9.55 Å². The van der Waals surface area contributed by atoms with Crippen molar-refractivity contribution in [3.05, 3.63) is 38.7 Å². The Morgan fingerprint density at radius 1 is 1.11 bits per heavy atom. The molecule has 4 N–H and O–H groups in total. The smallest absolute Gasteiger partial charge is 0.790 e. The molecule has 2 heterocycles. The quantitative estimate of drug-likeness (QED) is 0.164. The minimum atomic E-state index is -6.13. The van der Waals surface area contributed by atoms with E-state index in [4.69, 9.17) is 10.5 Å². The number of nitrogens with one attached hydrogen (secondary N) is 1. The Morgan fingerprint density at radius 3 is 2.22 bits per heavy atom. The summed E-state index contributed by atoms with van der Waals surface area (Å²) in [6.07, 6.45) is -0.403. The Labute approximate surface area is 292 Å². The Morgan fingerprint density at radius 2 is 1.69 bits per heavy atom. The number of phosphoric acid groups is 3. The number of rotatable bonds is 10. The molecule has 182 valence electrons. The predicted molar refractivity (Wildman–Crippen MR) is 94.9 cm³/mol. The second kappa shape index (κ2) is 18.3. The van der Waals surface area contributed by atoms with Gasteiger partial charge in [0, 0.05) is 19.2 Å². The fourth-order valence-corrected chi connectivity index (χ4v) is 5.38. The summed E-state index contributed by atoms with van der Waals surface area (Å²) in [6.45, 7) is -0.917. The first-order chi connectivity index (χ1) is 14.6. The van der Waals surface area contributed by atoms with E-state index in [-0.39, 0.29) is 137 Å². The van der Waals surface area contributed by atoms with Crippen LogP contribution < -0.4 is 155 Å². The van der Waals surface area contributed by atoms with E-state index in [2.05, 4.69) is 13.1 Å². The molecule has 2 rings (SSSR count). The third-order valence-electron chi connectivity index (χ3n) is 3.74. The van der Waals surface area contributed by atoms with E-state index in [0.717, 1.165) is 10.8 Å². The molecule has 0 spiro atoms. The molecule has 0 amide bonds. The molecule has 36 heavy (non-hydrogen) atoms. The number of aliphatic hydroxyl groups is 1. The second-order valence-electron chi connectivity index (χ2n) is 6.12. The van der Waals surface area contributed by atoms with Gasteiger partial charge >= 0.3 is 124 Å². The second-order valence-corrected chi connectivity index (χ2v) is 10.4. The first kappa shape index (κ1) is 43.2. The van der Waals surface area contributed by atoms with E-state index in [0.29, 0.717) is 0 Å². The molecule has 0 radical (unpaired) electrons. The van der Waals surface area contributed by atoms with Gasteiger partial charge < -0.3 is 44.2 Å². The zero-order valence-electron chi connectivity index (χ0n) is 19.7. The van der Waals surface area contributed by atoms with Crippen molar-refractivity contribution in [2.75, 3.05) is 13.2 Å². The number of hydrogen-bond acceptors (Lipinski definition) is 15. The van der Waals surface area contributed by atoms with Gasteiger partial charge in [-0.25, -0.2) is 9.11 Å². The van der Waals surface area contributed by atoms with Crippen LogP contribution in [0.5, 0.6) is 0 Å². The molecular formula is C12H16N3Na4O14P3. The number of H-pyrrole nitrogens is 1. The van der Waals surface area contributed by atoms with Crippen LogP contribution in [0.4, 0.5) is 0 Å². The molecular weight excluding hydrogens is 595 g/mol. The molecule has 0 aliphatic carbocycles. The zero-order valence-corrected chi connectivity index (χ0v) is 30.4. The number of aromatic nitrogens is 2. The molecule has 5 atom stereocenters. The van der Waals surface area contributed by atoms with Crippen molar-refractivity contribution in [3.8, 4) is 0 Å². The van der Waals surface area contributed by atoms with Crippen LogP contribution in [0.1, 0.15) is 18.2 Å². The van der Waals surface area contributed by atoms with E-state index in [1.54, 1.807) is 0 Å². The summed E-state index contributed by atoms with van der Waals surface area (Å²) in [6, 6.07) is 0. The fraction of sp³-hybridized carbons (Fsp3) is 0.500. The van der Waals surface area contributed by atoms with Crippen molar-refractivity contribution in [3.63, 3.8) is 0 Å². The van der Waals surface area contributed by atoms with Gasteiger partial charge in [-0.05, 0) is 0 Å². The molecule has 17 nitrogen and oxygen atoms in total. The van der Waals surface area contributed by atoms with E-state index in [1.807, 2.05) is 4.98 Å². The summed E-state index contributed by atoms with van der Waals surface area (Å²) in [4.78, 5) is 69.2. The van der Waals surface area contributed by atoms with Crippen LogP contribution in [0.15, 0.2) is 21.9 Å². The maximum Gasteiger partial charge on any atom is 1.00 e. The van der Waals surface area contributed by atoms with Crippen molar-refractivity contribution in [2.24, 2.45) is 5.73 Å². The van der Waals surface area contributed by atoms with Crippen LogP contribution >= 0.6 is 23.5 Å². The number of ether oxygens (including phenoxy) is 1. The number of nitrogens with two attached hydrogens (primary N) is 1. The molecule has 0 aromatic carbocycles. The summed E-state index contributed by atoms with van der Waals surface area (Å²) >= 11 is 0. The summed E-state index contributed by atoms with van der Waals surface area (Å²) in [5.41, 5.74) is 3.71. The normalized spacial score (nSPS) is 22.8. The molecule has 1 fully saturated rings. The molecule has 24 heteroatoms. The van der Waals surface area contributed by atoms with Gasteiger partial charge in [-0.1, -0.05) is 12.2 Å². The molecule has 1 saturated heterocycles. The Bertz CT molecular complexity index is 1130. The van der Waals surface area contributed by atoms with Crippen molar-refractivity contribution in [2.45, 2.75) is 24.9 Å². The first-order valence-corrected chi connectivity index (χ1v) is 12.8. The number of nitrogens with zero attached hydrogens (tertiary/aromatic N) is 1. The Kier molecular flexibility index (Phi) is 21.9. The van der Waals surface area contributed by atoms with E-state index in [1.165, 1.54) is 12.2 Å². The molecule has 1 aromatic rings. The molecule has 1 aromatic heterocycles. The zero-order chi connectivity index (χ0) is 24.3. The van der Waals surface area contributed by atoms with E-state index in [9.17, 15) is 48.0 Å². The third kappa shape index (κ3) is 14.6. The van der Waals surface area contributed by atoms with Crippen LogP contribution in [0.25, 0.3) is 6.08 Å². The number of hydrogen-bond donors (Lipinski definition) is 3.